The number of carbonyl (C=O) groups excluding carboxylic acids is 2. The molecule has 0 bridgehead atoms. The summed E-state index contributed by atoms with van der Waals surface area (Å²) in [7, 11) is -2.68. The van der Waals surface area contributed by atoms with Crippen molar-refractivity contribution in [2.75, 3.05) is 38.2 Å². The fourth-order valence-corrected chi connectivity index (χ4v) is 7.70. The normalized spacial score (nSPS) is 13.6. The molecule has 0 radical (unpaired) electrons. The van der Waals surface area contributed by atoms with Crippen LogP contribution in [0.1, 0.15) is 93.4 Å². The van der Waals surface area contributed by atoms with Crippen LogP contribution in [-0.4, -0.2) is 58.4 Å². The fraction of sp³-hybridized carbons (Fsp3) is 0.586. The highest BCUT2D eigenvalue weighted by atomic mass is 28.4. The maximum atomic E-state index is 13.3. The van der Waals surface area contributed by atoms with Gasteiger partial charge < -0.3 is 18.6 Å². The van der Waals surface area contributed by atoms with Gasteiger partial charge in [0.05, 0.1) is 0 Å². The minimum Gasteiger partial charge on any atom is -0.385 e. The van der Waals surface area contributed by atoms with Crippen molar-refractivity contribution in [2.45, 2.75) is 78.7 Å². The van der Waals surface area contributed by atoms with Gasteiger partial charge in [0.25, 0.3) is 11.8 Å². The summed E-state index contributed by atoms with van der Waals surface area (Å²) in [5.74, 6) is -0.371. The molecule has 1 aliphatic heterocycles. The Labute approximate surface area is 223 Å². The Morgan fingerprint density at radius 2 is 1.38 bits per heavy atom. The smallest absolute Gasteiger partial charge is 0.385 e. The van der Waals surface area contributed by atoms with Gasteiger partial charge in [0.2, 0.25) is 0 Å². The SMILES string of the molecule is CCCCCCCCN1C(=O)c2cccc3c(NCCC[Si](OCC)(OCC)OCC)ccc(c23)C1=O. The molecule has 0 saturated heterocycles. The quantitative estimate of drug-likeness (QED) is 0.133. The second-order valence-electron chi connectivity index (χ2n) is 9.43. The van der Waals surface area contributed by atoms with E-state index in [9.17, 15) is 9.59 Å². The van der Waals surface area contributed by atoms with Crippen molar-refractivity contribution in [3.05, 3.63) is 41.5 Å². The topological polar surface area (TPSA) is 77.1 Å². The molecule has 2 aromatic rings. The summed E-state index contributed by atoms with van der Waals surface area (Å²) >= 11 is 0. The lowest BCUT2D eigenvalue weighted by Gasteiger charge is -2.29. The van der Waals surface area contributed by atoms with Gasteiger partial charge in [-0.2, -0.15) is 0 Å². The highest BCUT2D eigenvalue weighted by Gasteiger charge is 2.39. The Kier molecular flexibility index (Phi) is 11.6. The van der Waals surface area contributed by atoms with Crippen LogP contribution in [0.5, 0.6) is 0 Å². The van der Waals surface area contributed by atoms with E-state index in [1.807, 2.05) is 51.1 Å². The van der Waals surface area contributed by atoms with E-state index in [1.165, 1.54) is 24.2 Å². The van der Waals surface area contributed by atoms with Crippen molar-refractivity contribution in [3.8, 4) is 0 Å². The van der Waals surface area contributed by atoms with Crippen LogP contribution in [0.3, 0.4) is 0 Å². The zero-order valence-corrected chi connectivity index (χ0v) is 24.1. The predicted octanol–water partition coefficient (Wildman–Crippen LogP) is 6.65. The molecule has 0 saturated carbocycles. The van der Waals surface area contributed by atoms with Crippen LogP contribution < -0.4 is 5.32 Å². The van der Waals surface area contributed by atoms with E-state index in [0.717, 1.165) is 48.2 Å². The molecule has 0 fully saturated rings. The van der Waals surface area contributed by atoms with Crippen molar-refractivity contribution < 1.29 is 22.9 Å². The van der Waals surface area contributed by atoms with E-state index in [1.54, 1.807) is 0 Å². The molecular weight excluding hydrogens is 484 g/mol. The van der Waals surface area contributed by atoms with Gasteiger partial charge in [-0.3, -0.25) is 14.5 Å². The summed E-state index contributed by atoms with van der Waals surface area (Å²) in [6.07, 6.45) is 7.51. The van der Waals surface area contributed by atoms with Crippen molar-refractivity contribution in [2.24, 2.45) is 0 Å². The highest BCUT2D eigenvalue weighted by Crippen LogP contribution is 2.34. The standard InChI is InChI=1S/C29H44N2O5Si/c1-5-9-10-11-12-13-21-31-28(32)24-17-14-16-23-26(19-18-25(27(23)24)29(31)33)30-20-15-22-37(34-6-2,35-7-3)36-8-4/h14,16-19,30H,5-13,15,20-22H2,1-4H3. The third-order valence-electron chi connectivity index (χ3n) is 6.79. The third kappa shape index (κ3) is 7.19. The average Bonchev–Trinajstić information content (AvgIpc) is 2.89. The summed E-state index contributed by atoms with van der Waals surface area (Å²) in [6, 6.07) is 10.3. The number of nitrogens with zero attached hydrogens (tertiary/aromatic N) is 1. The summed E-state index contributed by atoms with van der Waals surface area (Å²) in [5.41, 5.74) is 2.14. The molecule has 8 heteroatoms. The Bertz CT molecular complexity index is 1010. The summed E-state index contributed by atoms with van der Waals surface area (Å²) in [6.45, 7) is 11.0. The molecular formula is C29H44N2O5Si. The number of amides is 2. The first-order chi connectivity index (χ1) is 18.0. The fourth-order valence-electron chi connectivity index (χ4n) is 5.08. The predicted molar refractivity (Wildman–Crippen MR) is 151 cm³/mol. The zero-order valence-electron chi connectivity index (χ0n) is 23.1. The highest BCUT2D eigenvalue weighted by molar-refractivity contribution is 6.60. The molecule has 0 aliphatic carbocycles. The first kappa shape index (κ1) is 29.3. The van der Waals surface area contributed by atoms with Crippen LogP contribution in [0.15, 0.2) is 30.3 Å². The number of nitrogens with one attached hydrogen (secondary N) is 1. The monoisotopic (exact) mass is 528 g/mol. The maximum absolute atomic E-state index is 13.3. The van der Waals surface area contributed by atoms with E-state index in [0.29, 0.717) is 44.0 Å². The first-order valence-corrected chi connectivity index (χ1v) is 16.0. The molecule has 0 aromatic heterocycles. The number of unbranched alkanes of at least 4 members (excludes halogenated alkanes) is 5. The summed E-state index contributed by atoms with van der Waals surface area (Å²) < 4.78 is 17.9. The van der Waals surface area contributed by atoms with Crippen molar-refractivity contribution >= 4 is 37.1 Å². The second kappa shape index (κ2) is 14.6. The molecule has 1 N–H and O–H groups in total. The van der Waals surface area contributed by atoms with Gasteiger partial charge in [-0.1, -0.05) is 51.2 Å². The van der Waals surface area contributed by atoms with Gasteiger partial charge in [-0.15, -0.1) is 0 Å². The van der Waals surface area contributed by atoms with E-state index >= 15 is 0 Å². The van der Waals surface area contributed by atoms with Crippen LogP contribution in [0, 0.1) is 0 Å². The van der Waals surface area contributed by atoms with Crippen LogP contribution in [-0.2, 0) is 13.3 Å². The molecule has 1 heterocycles. The van der Waals surface area contributed by atoms with Crippen LogP contribution in [0.4, 0.5) is 5.69 Å². The number of benzene rings is 2. The molecule has 3 rings (SSSR count). The number of hydrogen-bond acceptors (Lipinski definition) is 6. The van der Waals surface area contributed by atoms with Crippen molar-refractivity contribution in [1.82, 2.24) is 4.90 Å². The molecule has 0 atom stereocenters. The van der Waals surface area contributed by atoms with Gasteiger partial charge in [0.15, 0.2) is 0 Å². The Hall–Kier alpha value is -2.26. The molecule has 0 spiro atoms. The zero-order chi connectivity index (χ0) is 26.7. The molecule has 204 valence electrons. The third-order valence-corrected chi connectivity index (χ3v) is 9.95. The second-order valence-corrected chi connectivity index (χ2v) is 12.2. The Morgan fingerprint density at radius 1 is 0.757 bits per heavy atom. The minimum absolute atomic E-state index is 0.185. The number of imide groups is 1. The van der Waals surface area contributed by atoms with E-state index in [-0.39, 0.29) is 11.8 Å². The van der Waals surface area contributed by atoms with Gasteiger partial charge in [0.1, 0.15) is 0 Å². The molecule has 37 heavy (non-hydrogen) atoms. The molecule has 0 unspecified atom stereocenters. The van der Waals surface area contributed by atoms with Gasteiger partial charge in [0, 0.05) is 66.5 Å². The average molecular weight is 529 g/mol. The van der Waals surface area contributed by atoms with Gasteiger partial charge in [-0.05, 0) is 51.8 Å². The number of rotatable bonds is 18. The Balaban J connectivity index is 1.69. The lowest BCUT2D eigenvalue weighted by Crippen LogP contribution is -2.46. The van der Waals surface area contributed by atoms with E-state index in [2.05, 4.69) is 12.2 Å². The van der Waals surface area contributed by atoms with E-state index in [4.69, 9.17) is 13.3 Å². The number of hydrogen-bond donors (Lipinski definition) is 1. The summed E-state index contributed by atoms with van der Waals surface area (Å²) in [4.78, 5) is 28.0. The number of carbonyl (C=O) groups is 2. The van der Waals surface area contributed by atoms with Gasteiger partial charge >= 0.3 is 8.80 Å². The number of anilines is 1. The molecule has 2 amide bonds. The van der Waals surface area contributed by atoms with Crippen molar-refractivity contribution in [1.29, 1.82) is 0 Å². The molecule has 2 aromatic carbocycles. The van der Waals surface area contributed by atoms with Crippen molar-refractivity contribution in [3.63, 3.8) is 0 Å². The molecule has 7 nitrogen and oxygen atoms in total. The largest absolute Gasteiger partial charge is 0.500 e. The lowest BCUT2D eigenvalue weighted by molar-refractivity contribution is 0.0606. The first-order valence-electron chi connectivity index (χ1n) is 14.1. The van der Waals surface area contributed by atoms with E-state index < -0.39 is 8.80 Å². The van der Waals surface area contributed by atoms with Crippen LogP contribution >= 0.6 is 0 Å². The van der Waals surface area contributed by atoms with Gasteiger partial charge in [-0.25, -0.2) is 0 Å². The Morgan fingerprint density at radius 3 is 2.03 bits per heavy atom. The lowest BCUT2D eigenvalue weighted by atomic mass is 9.92. The van der Waals surface area contributed by atoms with Crippen LogP contribution in [0.25, 0.3) is 10.8 Å². The minimum atomic E-state index is -2.68. The van der Waals surface area contributed by atoms with Crippen LogP contribution in [0.2, 0.25) is 6.04 Å². The molecule has 1 aliphatic rings. The summed E-state index contributed by atoms with van der Waals surface area (Å²) in [5, 5.41) is 5.16. The maximum Gasteiger partial charge on any atom is 0.500 e.